The van der Waals surface area contributed by atoms with Crippen LogP contribution in [-0.2, 0) is 6.42 Å². The fourth-order valence-electron chi connectivity index (χ4n) is 2.52. The molecule has 1 saturated heterocycles. The molecule has 0 saturated carbocycles. The summed E-state index contributed by atoms with van der Waals surface area (Å²) in [5.74, 6) is 2.88. The maximum atomic E-state index is 4.67. The number of hydrogen-bond acceptors (Lipinski definition) is 5. The van der Waals surface area contributed by atoms with Crippen LogP contribution < -0.4 is 10.6 Å². The number of anilines is 2. The molecular formula is C15H27N5. The first kappa shape index (κ1) is 15.0. The van der Waals surface area contributed by atoms with Gasteiger partial charge in [0.25, 0.3) is 0 Å². The van der Waals surface area contributed by atoms with Crippen molar-refractivity contribution in [1.82, 2.24) is 14.9 Å². The van der Waals surface area contributed by atoms with Gasteiger partial charge in [-0.15, -0.1) is 0 Å². The lowest BCUT2D eigenvalue weighted by Crippen LogP contribution is -2.25. The first-order valence-corrected chi connectivity index (χ1v) is 7.70. The molecule has 1 aliphatic heterocycles. The average molecular weight is 277 g/mol. The van der Waals surface area contributed by atoms with Gasteiger partial charge in [-0.3, -0.25) is 0 Å². The van der Waals surface area contributed by atoms with Crippen LogP contribution in [0.25, 0.3) is 0 Å². The molecule has 2 heterocycles. The molecule has 1 aromatic heterocycles. The van der Waals surface area contributed by atoms with Gasteiger partial charge in [0.05, 0.1) is 0 Å². The number of nitrogens with zero attached hydrogens (tertiary/aromatic N) is 3. The molecule has 0 amide bonds. The zero-order valence-corrected chi connectivity index (χ0v) is 13.2. The summed E-state index contributed by atoms with van der Waals surface area (Å²) >= 11 is 0. The minimum atomic E-state index is 0.498. The van der Waals surface area contributed by atoms with Gasteiger partial charge in [0, 0.05) is 31.1 Å². The topological polar surface area (TPSA) is 53.1 Å². The number of aryl methyl sites for hydroxylation is 1. The van der Waals surface area contributed by atoms with Crippen LogP contribution in [0.15, 0.2) is 0 Å². The summed E-state index contributed by atoms with van der Waals surface area (Å²) in [6.07, 6.45) is 3.14. The van der Waals surface area contributed by atoms with E-state index in [2.05, 4.69) is 53.3 Å². The molecule has 1 fully saturated rings. The molecule has 5 heteroatoms. The van der Waals surface area contributed by atoms with E-state index in [0.717, 1.165) is 55.5 Å². The third kappa shape index (κ3) is 3.60. The second-order valence-corrected chi connectivity index (χ2v) is 5.63. The smallest absolute Gasteiger partial charge is 0.135 e. The third-order valence-electron chi connectivity index (χ3n) is 3.78. The van der Waals surface area contributed by atoms with E-state index in [1.165, 1.54) is 6.42 Å². The molecule has 1 unspecified atom stereocenters. The van der Waals surface area contributed by atoms with Gasteiger partial charge in [0.1, 0.15) is 17.5 Å². The molecule has 0 aromatic carbocycles. The number of likely N-dealkylation sites (N-methyl/N-ethyl adjacent to an activating group) is 1. The summed E-state index contributed by atoms with van der Waals surface area (Å²) in [6.45, 7) is 9.55. The van der Waals surface area contributed by atoms with Crippen molar-refractivity contribution in [2.75, 3.05) is 37.3 Å². The van der Waals surface area contributed by atoms with Crippen LogP contribution in [0.2, 0.25) is 0 Å². The van der Waals surface area contributed by atoms with E-state index in [-0.39, 0.29) is 0 Å². The van der Waals surface area contributed by atoms with Crippen LogP contribution in [0, 0.1) is 6.92 Å². The highest BCUT2D eigenvalue weighted by Gasteiger charge is 2.21. The van der Waals surface area contributed by atoms with Crippen LogP contribution in [-0.4, -0.2) is 47.6 Å². The number of aromatic nitrogens is 2. The van der Waals surface area contributed by atoms with Gasteiger partial charge in [-0.2, -0.15) is 0 Å². The van der Waals surface area contributed by atoms with Gasteiger partial charge < -0.3 is 15.5 Å². The lowest BCUT2D eigenvalue weighted by molar-refractivity contribution is 0.414. The Hall–Kier alpha value is -1.36. The van der Waals surface area contributed by atoms with E-state index in [9.17, 15) is 0 Å². The second kappa shape index (κ2) is 6.88. The van der Waals surface area contributed by atoms with Gasteiger partial charge in [-0.25, -0.2) is 9.97 Å². The number of likely N-dealkylation sites (tertiary alicyclic amines) is 1. The molecule has 0 radical (unpaired) electrons. The Morgan fingerprint density at radius 2 is 2.00 bits per heavy atom. The average Bonchev–Trinajstić information content (AvgIpc) is 2.85. The first-order chi connectivity index (χ1) is 9.63. The van der Waals surface area contributed by atoms with Gasteiger partial charge in [0.15, 0.2) is 0 Å². The van der Waals surface area contributed by atoms with E-state index >= 15 is 0 Å². The minimum Gasteiger partial charge on any atom is -0.370 e. The molecule has 2 rings (SSSR count). The van der Waals surface area contributed by atoms with Gasteiger partial charge in [-0.1, -0.05) is 13.8 Å². The Morgan fingerprint density at radius 3 is 2.60 bits per heavy atom. The highest BCUT2D eigenvalue weighted by Crippen LogP contribution is 2.22. The van der Waals surface area contributed by atoms with Gasteiger partial charge in [0.2, 0.25) is 0 Å². The summed E-state index contributed by atoms with van der Waals surface area (Å²) in [7, 11) is 2.17. The summed E-state index contributed by atoms with van der Waals surface area (Å²) in [5, 5.41) is 7.01. The monoisotopic (exact) mass is 277 g/mol. The SMILES string of the molecule is CCCNc1nc(CC)nc(NC2CCN(C)C2)c1C. The summed E-state index contributed by atoms with van der Waals surface area (Å²) < 4.78 is 0. The number of rotatable bonds is 6. The van der Waals surface area contributed by atoms with Crippen molar-refractivity contribution in [3.63, 3.8) is 0 Å². The normalized spacial score (nSPS) is 19.3. The van der Waals surface area contributed by atoms with E-state index in [0.29, 0.717) is 6.04 Å². The quantitative estimate of drug-likeness (QED) is 0.835. The molecule has 5 nitrogen and oxygen atoms in total. The fraction of sp³-hybridized carbons (Fsp3) is 0.733. The zero-order valence-electron chi connectivity index (χ0n) is 13.2. The maximum absolute atomic E-state index is 4.67. The third-order valence-corrected chi connectivity index (χ3v) is 3.78. The van der Waals surface area contributed by atoms with Crippen LogP contribution in [0.1, 0.15) is 38.1 Å². The maximum Gasteiger partial charge on any atom is 0.135 e. The molecule has 112 valence electrons. The highest BCUT2D eigenvalue weighted by molar-refractivity contribution is 5.57. The largest absolute Gasteiger partial charge is 0.370 e. The lowest BCUT2D eigenvalue weighted by atomic mass is 10.2. The van der Waals surface area contributed by atoms with Crippen molar-refractivity contribution >= 4 is 11.6 Å². The first-order valence-electron chi connectivity index (χ1n) is 7.70. The van der Waals surface area contributed by atoms with E-state index in [4.69, 9.17) is 0 Å². The van der Waals surface area contributed by atoms with Gasteiger partial charge >= 0.3 is 0 Å². The summed E-state index contributed by atoms with van der Waals surface area (Å²) in [4.78, 5) is 11.6. The van der Waals surface area contributed by atoms with Crippen molar-refractivity contribution in [2.45, 2.75) is 46.1 Å². The second-order valence-electron chi connectivity index (χ2n) is 5.63. The number of nitrogens with one attached hydrogen (secondary N) is 2. The Kier molecular flexibility index (Phi) is 5.17. The predicted molar refractivity (Wildman–Crippen MR) is 84.5 cm³/mol. The Bertz CT molecular complexity index is 446. The van der Waals surface area contributed by atoms with E-state index < -0.39 is 0 Å². The molecule has 0 spiro atoms. The summed E-state index contributed by atoms with van der Waals surface area (Å²) in [6, 6.07) is 0.498. The van der Waals surface area contributed by atoms with Crippen molar-refractivity contribution in [3.05, 3.63) is 11.4 Å². The molecule has 0 aliphatic carbocycles. The molecule has 2 N–H and O–H groups in total. The molecule has 1 aliphatic rings. The molecule has 0 bridgehead atoms. The van der Waals surface area contributed by atoms with Gasteiger partial charge in [-0.05, 0) is 33.4 Å². The minimum absolute atomic E-state index is 0.498. The van der Waals surface area contributed by atoms with Crippen molar-refractivity contribution in [3.8, 4) is 0 Å². The predicted octanol–water partition coefficient (Wildman–Crippen LogP) is 2.29. The van der Waals surface area contributed by atoms with Crippen LogP contribution >= 0.6 is 0 Å². The zero-order chi connectivity index (χ0) is 14.5. The van der Waals surface area contributed by atoms with Crippen molar-refractivity contribution < 1.29 is 0 Å². The molecular weight excluding hydrogens is 250 g/mol. The fourth-order valence-corrected chi connectivity index (χ4v) is 2.52. The molecule has 20 heavy (non-hydrogen) atoms. The molecule has 1 aromatic rings. The Labute approximate surface area is 122 Å². The summed E-state index contributed by atoms with van der Waals surface area (Å²) in [5.41, 5.74) is 1.13. The van der Waals surface area contributed by atoms with Crippen molar-refractivity contribution in [1.29, 1.82) is 0 Å². The van der Waals surface area contributed by atoms with Crippen LogP contribution in [0.5, 0.6) is 0 Å². The Balaban J connectivity index is 2.17. The van der Waals surface area contributed by atoms with E-state index in [1.54, 1.807) is 0 Å². The number of hydrogen-bond donors (Lipinski definition) is 2. The van der Waals surface area contributed by atoms with E-state index in [1.807, 2.05) is 0 Å². The van der Waals surface area contributed by atoms with Crippen LogP contribution in [0.3, 0.4) is 0 Å². The molecule has 1 atom stereocenters. The Morgan fingerprint density at radius 1 is 1.25 bits per heavy atom. The standard InChI is InChI=1S/C15H27N5/c1-5-8-16-14-11(3)15(19-13(6-2)18-14)17-12-7-9-20(4)10-12/h12H,5-10H2,1-4H3,(H2,16,17,18,19). The van der Waals surface area contributed by atoms with Crippen molar-refractivity contribution in [2.24, 2.45) is 0 Å². The lowest BCUT2D eigenvalue weighted by Gasteiger charge is -2.18. The van der Waals surface area contributed by atoms with Crippen LogP contribution in [0.4, 0.5) is 11.6 Å². The highest BCUT2D eigenvalue weighted by atomic mass is 15.2.